The fraction of sp³-hybridized carbons (Fsp3) is 0.167. The Kier molecular flexibility index (Phi) is 8.70. The van der Waals surface area contributed by atoms with Crippen LogP contribution in [-0.2, 0) is 9.59 Å². The van der Waals surface area contributed by atoms with E-state index in [1.165, 1.54) is 60.7 Å². The molecule has 3 aromatic rings. The molecule has 0 aromatic heterocycles. The molecule has 2 aliphatic rings. The quantitative estimate of drug-likeness (QED) is 0.0931. The maximum absolute atomic E-state index is 13.7. The number of amides is 3. The highest BCUT2D eigenvalue weighted by molar-refractivity contribution is 6.37. The number of hydrogen-bond acceptors (Lipinski definition) is 6. The zero-order valence-electron chi connectivity index (χ0n) is 21.6. The van der Waals surface area contributed by atoms with Crippen molar-refractivity contribution in [2.75, 3.05) is 6.54 Å². The Morgan fingerprint density at radius 1 is 0.762 bits per heavy atom. The van der Waals surface area contributed by atoms with Crippen molar-refractivity contribution >= 4 is 75.9 Å². The number of carbonyl (C=O) groups excluding carboxylic acids is 5. The van der Waals surface area contributed by atoms with Crippen LogP contribution in [0.2, 0.25) is 20.1 Å². The second-order valence-electron chi connectivity index (χ2n) is 9.59. The van der Waals surface area contributed by atoms with Crippen molar-refractivity contribution in [1.82, 2.24) is 10.0 Å². The van der Waals surface area contributed by atoms with E-state index in [4.69, 9.17) is 51.1 Å². The summed E-state index contributed by atoms with van der Waals surface area (Å²) in [7, 11) is 0. The van der Waals surface area contributed by atoms with Gasteiger partial charge in [-0.15, -0.1) is 0 Å². The van der Waals surface area contributed by atoms with Gasteiger partial charge < -0.3 is 4.74 Å². The zero-order valence-corrected chi connectivity index (χ0v) is 24.6. The lowest BCUT2D eigenvalue weighted by Crippen LogP contribution is -2.52. The third kappa shape index (κ3) is 5.94. The summed E-state index contributed by atoms with van der Waals surface area (Å²) in [5.41, 5.74) is 0.204. The fourth-order valence-corrected chi connectivity index (χ4v) is 5.78. The summed E-state index contributed by atoms with van der Waals surface area (Å²) in [5.74, 6) is -4.38. The van der Waals surface area contributed by atoms with Crippen LogP contribution in [0, 0.1) is 11.8 Å². The molecule has 214 valence electrons. The molecule has 5 rings (SSSR count). The van der Waals surface area contributed by atoms with Crippen molar-refractivity contribution in [2.24, 2.45) is 11.8 Å². The fourth-order valence-electron chi connectivity index (χ4n) is 4.81. The number of ketones is 1. The molecule has 0 N–H and O–H groups in total. The van der Waals surface area contributed by atoms with Gasteiger partial charge in [0, 0.05) is 15.6 Å². The Hall–Kier alpha value is -3.69. The van der Waals surface area contributed by atoms with Crippen LogP contribution in [-0.4, -0.2) is 46.0 Å². The number of ether oxygens (including phenoxy) is 1. The highest BCUT2D eigenvalue weighted by Gasteiger charge is 2.51. The molecule has 3 aromatic carbocycles. The maximum atomic E-state index is 13.7. The zero-order chi connectivity index (χ0) is 30.1. The molecule has 42 heavy (non-hydrogen) atoms. The summed E-state index contributed by atoms with van der Waals surface area (Å²) in [5, 5.41) is 2.35. The molecule has 1 aliphatic carbocycles. The van der Waals surface area contributed by atoms with E-state index in [1.807, 2.05) is 12.2 Å². The normalized spacial score (nSPS) is 17.7. The first kappa shape index (κ1) is 29.8. The molecule has 0 saturated carbocycles. The Morgan fingerprint density at radius 3 is 1.81 bits per heavy atom. The standard InChI is InChI=1S/C30H20Cl4N2O6/c31-17-7-11-22(24(33)13-17)27(38)35(36-28(39)20-3-1-2-4-21(20)29(36)40)15-26(37)16-5-9-19(10-6-16)42-30(41)23-12-8-18(32)14-25(23)34/h1-2,5-14,20-21H,3-4,15H2/t20-,21+. The first-order valence-corrected chi connectivity index (χ1v) is 14.2. The summed E-state index contributed by atoms with van der Waals surface area (Å²) < 4.78 is 5.35. The number of carbonyl (C=O) groups is 5. The van der Waals surface area contributed by atoms with Crippen LogP contribution in [0.4, 0.5) is 0 Å². The van der Waals surface area contributed by atoms with E-state index in [2.05, 4.69) is 0 Å². The number of halogens is 4. The van der Waals surface area contributed by atoms with Gasteiger partial charge in [0.15, 0.2) is 5.78 Å². The van der Waals surface area contributed by atoms with E-state index < -0.39 is 47.9 Å². The van der Waals surface area contributed by atoms with Crippen LogP contribution in [0.1, 0.15) is 43.9 Å². The number of imide groups is 1. The second-order valence-corrected chi connectivity index (χ2v) is 11.3. The minimum Gasteiger partial charge on any atom is -0.423 e. The van der Waals surface area contributed by atoms with Gasteiger partial charge in [0.2, 0.25) is 0 Å². The number of benzene rings is 3. The maximum Gasteiger partial charge on any atom is 0.345 e. The monoisotopic (exact) mass is 644 g/mol. The van der Waals surface area contributed by atoms with Gasteiger partial charge in [-0.2, -0.15) is 5.01 Å². The van der Waals surface area contributed by atoms with Crippen molar-refractivity contribution in [3.8, 4) is 5.75 Å². The van der Waals surface area contributed by atoms with Crippen LogP contribution in [0.5, 0.6) is 5.75 Å². The molecule has 12 heteroatoms. The molecule has 8 nitrogen and oxygen atoms in total. The second kappa shape index (κ2) is 12.3. The summed E-state index contributed by atoms with van der Waals surface area (Å²) in [6, 6.07) is 14.1. The number of nitrogens with zero attached hydrogens (tertiary/aromatic N) is 2. The van der Waals surface area contributed by atoms with Gasteiger partial charge in [-0.25, -0.2) is 9.80 Å². The SMILES string of the molecule is O=C(CN(C(=O)c1ccc(Cl)cc1Cl)N1C(=O)[C@H]2CC=CC[C@H]2C1=O)c1ccc(OC(=O)c2ccc(Cl)cc2Cl)cc1. The molecular weight excluding hydrogens is 626 g/mol. The Bertz CT molecular complexity index is 1630. The van der Waals surface area contributed by atoms with Crippen molar-refractivity contribution in [1.29, 1.82) is 0 Å². The van der Waals surface area contributed by atoms with Crippen molar-refractivity contribution in [3.63, 3.8) is 0 Å². The number of rotatable bonds is 7. The minimum absolute atomic E-state index is 0.00455. The lowest BCUT2D eigenvalue weighted by molar-refractivity contribution is -0.154. The van der Waals surface area contributed by atoms with E-state index in [9.17, 15) is 24.0 Å². The van der Waals surface area contributed by atoms with E-state index in [1.54, 1.807) is 0 Å². The molecule has 0 radical (unpaired) electrons. The third-order valence-corrected chi connectivity index (χ3v) is 8.05. The average Bonchev–Trinajstić information content (AvgIpc) is 3.21. The van der Waals surface area contributed by atoms with E-state index in [0.717, 1.165) is 10.0 Å². The lowest BCUT2D eigenvalue weighted by atomic mass is 9.85. The third-order valence-electron chi connectivity index (χ3n) is 6.95. The van der Waals surface area contributed by atoms with Gasteiger partial charge in [-0.05, 0) is 73.5 Å². The molecular formula is C30H20Cl4N2O6. The number of allylic oxidation sites excluding steroid dienone is 2. The van der Waals surface area contributed by atoms with Gasteiger partial charge in [0.25, 0.3) is 17.7 Å². The smallest absolute Gasteiger partial charge is 0.345 e. The van der Waals surface area contributed by atoms with Gasteiger partial charge in [-0.1, -0.05) is 58.6 Å². The summed E-state index contributed by atoms with van der Waals surface area (Å²) in [6.07, 6.45) is 4.34. The summed E-state index contributed by atoms with van der Waals surface area (Å²) >= 11 is 24.2. The molecule has 0 unspecified atom stereocenters. The first-order chi connectivity index (χ1) is 20.0. The number of hydrogen-bond donors (Lipinski definition) is 0. The number of esters is 1. The predicted octanol–water partition coefficient (Wildman–Crippen LogP) is 6.71. The van der Waals surface area contributed by atoms with Crippen molar-refractivity contribution in [3.05, 3.63) is 110 Å². The van der Waals surface area contributed by atoms with Crippen LogP contribution < -0.4 is 4.74 Å². The predicted molar refractivity (Wildman–Crippen MR) is 157 cm³/mol. The molecule has 1 heterocycles. The number of fused-ring (bicyclic) bond motifs is 1. The molecule has 0 spiro atoms. The lowest BCUT2D eigenvalue weighted by Gasteiger charge is -2.30. The average molecular weight is 646 g/mol. The Labute approximate surface area is 260 Å². The van der Waals surface area contributed by atoms with Crippen LogP contribution in [0.25, 0.3) is 0 Å². The Morgan fingerprint density at radius 2 is 1.29 bits per heavy atom. The topological polar surface area (TPSA) is 101 Å². The van der Waals surface area contributed by atoms with E-state index in [-0.39, 0.29) is 37.5 Å². The van der Waals surface area contributed by atoms with Crippen LogP contribution in [0.3, 0.4) is 0 Å². The van der Waals surface area contributed by atoms with Crippen molar-refractivity contribution < 1.29 is 28.7 Å². The number of Topliss-reactive ketones (excluding diaryl/α,β-unsaturated/α-hetero) is 1. The number of hydrazine groups is 1. The molecule has 1 fully saturated rings. The van der Waals surface area contributed by atoms with E-state index in [0.29, 0.717) is 17.9 Å². The van der Waals surface area contributed by atoms with Gasteiger partial charge >= 0.3 is 5.97 Å². The first-order valence-electron chi connectivity index (χ1n) is 12.6. The minimum atomic E-state index is -0.816. The van der Waals surface area contributed by atoms with Crippen LogP contribution >= 0.6 is 46.4 Å². The highest BCUT2D eigenvalue weighted by Crippen LogP contribution is 2.37. The van der Waals surface area contributed by atoms with Gasteiger partial charge in [-0.3, -0.25) is 19.2 Å². The summed E-state index contributed by atoms with van der Waals surface area (Å²) in [6.45, 7) is -0.637. The largest absolute Gasteiger partial charge is 0.423 e. The molecule has 1 saturated heterocycles. The Balaban J connectivity index is 1.39. The summed E-state index contributed by atoms with van der Waals surface area (Å²) in [4.78, 5) is 66.3. The molecule has 0 bridgehead atoms. The molecule has 1 aliphatic heterocycles. The van der Waals surface area contributed by atoms with Crippen molar-refractivity contribution in [2.45, 2.75) is 12.8 Å². The van der Waals surface area contributed by atoms with Crippen LogP contribution in [0.15, 0.2) is 72.8 Å². The molecule has 2 atom stereocenters. The van der Waals surface area contributed by atoms with E-state index >= 15 is 0 Å². The van der Waals surface area contributed by atoms with Gasteiger partial charge in [0.1, 0.15) is 12.3 Å². The van der Waals surface area contributed by atoms with Gasteiger partial charge in [0.05, 0.1) is 33.0 Å². The highest BCUT2D eigenvalue weighted by atomic mass is 35.5. The molecule has 3 amide bonds.